The van der Waals surface area contributed by atoms with Gasteiger partial charge in [-0.1, -0.05) is 6.07 Å². The van der Waals surface area contributed by atoms with E-state index in [0.717, 1.165) is 18.2 Å². The molecule has 1 aromatic rings. The van der Waals surface area contributed by atoms with Gasteiger partial charge in [0.25, 0.3) is 5.91 Å². The van der Waals surface area contributed by atoms with Crippen LogP contribution in [0.15, 0.2) is 35.8 Å². The molecule has 1 heterocycles. The molecule has 0 saturated carbocycles. The number of benzene rings is 1. The molecular weight excluding hydrogens is 332 g/mol. The Balaban J connectivity index is 2.26. The monoisotopic (exact) mass is 341 g/mol. The molecule has 0 aliphatic carbocycles. The van der Waals surface area contributed by atoms with Gasteiger partial charge in [0, 0.05) is 5.69 Å². The second-order valence-electron chi connectivity index (χ2n) is 4.39. The lowest BCUT2D eigenvalue weighted by atomic mass is 10.2. The van der Waals surface area contributed by atoms with E-state index in [4.69, 9.17) is 0 Å². The highest BCUT2D eigenvalue weighted by molar-refractivity contribution is 6.02. The van der Waals surface area contributed by atoms with Crippen molar-refractivity contribution in [1.29, 1.82) is 0 Å². The summed E-state index contributed by atoms with van der Waals surface area (Å²) in [4.78, 5) is 11.8. The first-order chi connectivity index (χ1) is 10.6. The molecule has 0 atom stereocenters. The van der Waals surface area contributed by atoms with Gasteiger partial charge in [0.15, 0.2) is 0 Å². The molecule has 1 aliphatic rings. The molecule has 0 radical (unpaired) electrons. The minimum atomic E-state index is -4.96. The van der Waals surface area contributed by atoms with Crippen LogP contribution in [-0.4, -0.2) is 25.3 Å². The molecule has 0 bridgehead atoms. The standard InChI is InChI=1S/C13H9F6NO3/c14-12(15,16)7-2-1-3-8(6-7)20-11(21)9-10(13(17,18)19)23-5-4-22-9/h1-3,6H,4-5H2,(H,20,21). The predicted molar refractivity (Wildman–Crippen MR) is 65.1 cm³/mol. The van der Waals surface area contributed by atoms with Crippen molar-refractivity contribution in [2.75, 3.05) is 18.5 Å². The van der Waals surface area contributed by atoms with Crippen molar-refractivity contribution in [2.24, 2.45) is 0 Å². The molecule has 0 aromatic heterocycles. The van der Waals surface area contributed by atoms with Crippen LogP contribution in [0.2, 0.25) is 0 Å². The summed E-state index contributed by atoms with van der Waals surface area (Å²) in [5.74, 6) is -4.09. The van der Waals surface area contributed by atoms with Crippen molar-refractivity contribution in [3.05, 3.63) is 41.3 Å². The summed E-state index contributed by atoms with van der Waals surface area (Å²) >= 11 is 0. The van der Waals surface area contributed by atoms with Crippen molar-refractivity contribution in [2.45, 2.75) is 12.4 Å². The molecule has 1 aromatic carbocycles. The SMILES string of the molecule is O=C(Nc1cccc(C(F)(F)F)c1)C1=C(C(F)(F)F)OCCO1. The molecule has 1 N–H and O–H groups in total. The number of carbonyl (C=O) groups excluding carboxylic acids is 1. The van der Waals surface area contributed by atoms with Crippen LogP contribution < -0.4 is 5.32 Å². The number of hydrogen-bond donors (Lipinski definition) is 1. The summed E-state index contributed by atoms with van der Waals surface area (Å²) in [6.07, 6.45) is -9.61. The minimum absolute atomic E-state index is 0.287. The first-order valence-corrected chi connectivity index (χ1v) is 6.14. The van der Waals surface area contributed by atoms with E-state index in [1.165, 1.54) is 0 Å². The Hall–Kier alpha value is -2.39. The van der Waals surface area contributed by atoms with Gasteiger partial charge in [0.05, 0.1) is 5.56 Å². The Bertz CT molecular complexity index is 635. The predicted octanol–water partition coefficient (Wildman–Crippen LogP) is 3.46. The topological polar surface area (TPSA) is 47.6 Å². The van der Waals surface area contributed by atoms with Gasteiger partial charge in [0.1, 0.15) is 13.2 Å². The summed E-state index contributed by atoms with van der Waals surface area (Å²) in [6.45, 7) is -0.680. The van der Waals surface area contributed by atoms with Gasteiger partial charge < -0.3 is 14.8 Å². The third-order valence-corrected chi connectivity index (χ3v) is 2.69. The average molecular weight is 341 g/mol. The van der Waals surface area contributed by atoms with E-state index in [0.29, 0.717) is 6.07 Å². The first-order valence-electron chi connectivity index (χ1n) is 6.14. The average Bonchev–Trinajstić information content (AvgIpc) is 2.46. The van der Waals surface area contributed by atoms with E-state index in [9.17, 15) is 31.1 Å². The first kappa shape index (κ1) is 17.0. The number of amides is 1. The second kappa shape index (κ2) is 6.01. The maximum Gasteiger partial charge on any atom is 0.453 e. The largest absolute Gasteiger partial charge is 0.483 e. The van der Waals surface area contributed by atoms with Crippen molar-refractivity contribution < 1.29 is 40.6 Å². The molecule has 2 rings (SSSR count). The lowest BCUT2D eigenvalue weighted by Gasteiger charge is -2.22. The number of rotatable bonds is 2. The summed E-state index contributed by atoms with van der Waals surface area (Å²) in [5, 5.41) is 1.92. The Morgan fingerprint density at radius 2 is 1.65 bits per heavy atom. The maximum atomic E-state index is 12.7. The van der Waals surface area contributed by atoms with Crippen LogP contribution in [0, 0.1) is 0 Å². The molecule has 4 nitrogen and oxygen atoms in total. The van der Waals surface area contributed by atoms with E-state index < -0.39 is 41.9 Å². The molecular formula is C13H9F6NO3. The van der Waals surface area contributed by atoms with Gasteiger partial charge in [-0.05, 0) is 18.2 Å². The number of alkyl halides is 6. The third kappa shape index (κ3) is 4.08. The van der Waals surface area contributed by atoms with Gasteiger partial charge in [-0.3, -0.25) is 4.79 Å². The van der Waals surface area contributed by atoms with E-state index >= 15 is 0 Å². The van der Waals surface area contributed by atoms with Crippen LogP contribution in [0.3, 0.4) is 0 Å². The van der Waals surface area contributed by atoms with E-state index in [-0.39, 0.29) is 12.3 Å². The van der Waals surface area contributed by atoms with E-state index in [2.05, 4.69) is 9.47 Å². The molecule has 0 saturated heterocycles. The zero-order chi connectivity index (χ0) is 17.3. The zero-order valence-corrected chi connectivity index (χ0v) is 11.2. The van der Waals surface area contributed by atoms with E-state index in [1.807, 2.05) is 5.32 Å². The molecule has 10 heteroatoms. The molecule has 0 spiro atoms. The van der Waals surface area contributed by atoms with Crippen molar-refractivity contribution in [1.82, 2.24) is 0 Å². The smallest absolute Gasteiger partial charge is 0.453 e. The minimum Gasteiger partial charge on any atom is -0.483 e. The van der Waals surface area contributed by atoms with Gasteiger partial charge in [-0.2, -0.15) is 26.3 Å². The second-order valence-corrected chi connectivity index (χ2v) is 4.39. The number of hydrogen-bond acceptors (Lipinski definition) is 3. The fraction of sp³-hybridized carbons (Fsp3) is 0.308. The Morgan fingerprint density at radius 1 is 1.00 bits per heavy atom. The van der Waals surface area contributed by atoms with Gasteiger partial charge >= 0.3 is 12.4 Å². The number of carbonyl (C=O) groups is 1. The molecule has 0 fully saturated rings. The summed E-state index contributed by atoms with van der Waals surface area (Å²) in [7, 11) is 0. The van der Waals surface area contributed by atoms with Gasteiger partial charge in [-0.15, -0.1) is 0 Å². The number of halogens is 6. The Morgan fingerprint density at radius 3 is 2.26 bits per heavy atom. The van der Waals surface area contributed by atoms with Crippen LogP contribution in [0.1, 0.15) is 5.56 Å². The highest BCUT2D eigenvalue weighted by Crippen LogP contribution is 2.33. The summed E-state index contributed by atoms with van der Waals surface area (Å²) in [5.41, 5.74) is -1.38. The van der Waals surface area contributed by atoms with Crippen LogP contribution in [0.5, 0.6) is 0 Å². The normalized spacial score (nSPS) is 15.7. The molecule has 126 valence electrons. The highest BCUT2D eigenvalue weighted by Gasteiger charge is 2.43. The van der Waals surface area contributed by atoms with Crippen molar-refractivity contribution in [3.8, 4) is 0 Å². The Kier molecular flexibility index (Phi) is 4.44. The highest BCUT2D eigenvalue weighted by atomic mass is 19.4. The number of ether oxygens (including phenoxy) is 2. The fourth-order valence-electron chi connectivity index (χ4n) is 1.76. The summed E-state index contributed by atoms with van der Waals surface area (Å²) < 4.78 is 84.9. The molecule has 1 aliphatic heterocycles. The fourth-order valence-corrected chi connectivity index (χ4v) is 1.76. The third-order valence-electron chi connectivity index (χ3n) is 2.69. The van der Waals surface area contributed by atoms with Crippen LogP contribution in [0.4, 0.5) is 32.0 Å². The molecule has 23 heavy (non-hydrogen) atoms. The molecule has 0 unspecified atom stereocenters. The Labute approximate surface area is 125 Å². The number of anilines is 1. The van der Waals surface area contributed by atoms with Gasteiger partial charge in [-0.25, -0.2) is 0 Å². The van der Waals surface area contributed by atoms with E-state index in [1.54, 1.807) is 0 Å². The maximum absolute atomic E-state index is 12.7. The lowest BCUT2D eigenvalue weighted by Crippen LogP contribution is -2.30. The summed E-state index contributed by atoms with van der Waals surface area (Å²) in [6, 6.07) is 3.46. The van der Waals surface area contributed by atoms with Crippen LogP contribution in [-0.2, 0) is 20.4 Å². The lowest BCUT2D eigenvalue weighted by molar-refractivity contribution is -0.151. The van der Waals surface area contributed by atoms with Gasteiger partial charge in [0.2, 0.25) is 11.5 Å². The molecule has 1 amide bonds. The van der Waals surface area contributed by atoms with Crippen LogP contribution in [0.25, 0.3) is 0 Å². The van der Waals surface area contributed by atoms with Crippen LogP contribution >= 0.6 is 0 Å². The van der Waals surface area contributed by atoms with Crippen molar-refractivity contribution in [3.63, 3.8) is 0 Å². The zero-order valence-electron chi connectivity index (χ0n) is 11.2. The van der Waals surface area contributed by atoms with Crippen molar-refractivity contribution >= 4 is 11.6 Å². The number of nitrogens with one attached hydrogen (secondary N) is 1. The number of allylic oxidation sites excluding steroid dienone is 1. The quantitative estimate of drug-likeness (QED) is 0.838.